The van der Waals surface area contributed by atoms with Crippen molar-refractivity contribution in [3.63, 3.8) is 0 Å². The number of likely N-dealkylation sites (tertiary alicyclic amines) is 1. The van der Waals surface area contributed by atoms with Crippen molar-refractivity contribution in [2.75, 3.05) is 20.8 Å². The minimum Gasteiger partial charge on any atom is -0.497 e. The lowest BCUT2D eigenvalue weighted by Gasteiger charge is -2.26. The van der Waals surface area contributed by atoms with Crippen LogP contribution in [0.4, 0.5) is 0 Å². The fourth-order valence-corrected chi connectivity index (χ4v) is 3.44. The predicted octanol–water partition coefficient (Wildman–Crippen LogP) is 3.91. The zero-order valence-corrected chi connectivity index (χ0v) is 14.2. The topological polar surface area (TPSA) is 45.5 Å². The highest BCUT2D eigenvalue weighted by Crippen LogP contribution is 2.39. The van der Waals surface area contributed by atoms with Gasteiger partial charge in [0.05, 0.1) is 25.9 Å². The lowest BCUT2D eigenvalue weighted by molar-refractivity contribution is 0.242. The van der Waals surface area contributed by atoms with E-state index in [1.165, 1.54) is 11.1 Å². The molecule has 1 aliphatic heterocycles. The van der Waals surface area contributed by atoms with E-state index in [0.29, 0.717) is 11.6 Å². The van der Waals surface area contributed by atoms with Crippen LogP contribution in [0.3, 0.4) is 0 Å². The third kappa shape index (κ3) is 3.37. The summed E-state index contributed by atoms with van der Waals surface area (Å²) in [5, 5.41) is 9.08. The maximum absolute atomic E-state index is 9.08. The lowest BCUT2D eigenvalue weighted by atomic mass is 10.0. The summed E-state index contributed by atoms with van der Waals surface area (Å²) < 4.78 is 10.9. The van der Waals surface area contributed by atoms with E-state index < -0.39 is 0 Å². The van der Waals surface area contributed by atoms with E-state index in [0.717, 1.165) is 37.4 Å². The Morgan fingerprint density at radius 1 is 1.17 bits per heavy atom. The van der Waals surface area contributed by atoms with E-state index in [1.807, 2.05) is 30.3 Å². The molecule has 2 aromatic rings. The third-order valence-electron chi connectivity index (χ3n) is 4.61. The van der Waals surface area contributed by atoms with Crippen molar-refractivity contribution < 1.29 is 9.47 Å². The highest BCUT2D eigenvalue weighted by molar-refractivity contribution is 5.43. The molecule has 1 heterocycles. The number of hydrogen-bond donors (Lipinski definition) is 0. The number of nitriles is 1. The Morgan fingerprint density at radius 2 is 2.04 bits per heavy atom. The second-order valence-corrected chi connectivity index (χ2v) is 6.05. The number of nitrogens with zero attached hydrogens (tertiary/aromatic N) is 2. The Labute approximate surface area is 143 Å². The molecule has 0 aliphatic carbocycles. The van der Waals surface area contributed by atoms with E-state index in [2.05, 4.69) is 23.1 Å². The highest BCUT2D eigenvalue weighted by Gasteiger charge is 2.28. The van der Waals surface area contributed by atoms with Crippen molar-refractivity contribution in [3.05, 3.63) is 59.2 Å². The van der Waals surface area contributed by atoms with Gasteiger partial charge in [-0.1, -0.05) is 18.2 Å². The van der Waals surface area contributed by atoms with Crippen LogP contribution in [-0.2, 0) is 6.54 Å². The fourth-order valence-electron chi connectivity index (χ4n) is 3.44. The number of hydrogen-bond acceptors (Lipinski definition) is 4. The average Bonchev–Trinajstić information content (AvgIpc) is 3.09. The quantitative estimate of drug-likeness (QED) is 0.837. The van der Waals surface area contributed by atoms with E-state index in [-0.39, 0.29) is 0 Å². The van der Waals surface area contributed by atoms with E-state index in [9.17, 15) is 0 Å². The first kappa shape index (κ1) is 16.4. The molecule has 2 aromatic carbocycles. The van der Waals surface area contributed by atoms with Gasteiger partial charge >= 0.3 is 0 Å². The molecular formula is C20H22N2O2. The minimum absolute atomic E-state index is 0.330. The lowest BCUT2D eigenvalue weighted by Crippen LogP contribution is -2.23. The summed E-state index contributed by atoms with van der Waals surface area (Å²) >= 11 is 0. The van der Waals surface area contributed by atoms with E-state index in [4.69, 9.17) is 14.7 Å². The summed E-state index contributed by atoms with van der Waals surface area (Å²) in [6.07, 6.45) is 2.28. The first-order chi connectivity index (χ1) is 11.7. The van der Waals surface area contributed by atoms with Crippen LogP contribution in [0.1, 0.15) is 35.6 Å². The average molecular weight is 322 g/mol. The van der Waals surface area contributed by atoms with Crippen LogP contribution in [0, 0.1) is 11.3 Å². The molecule has 1 unspecified atom stereocenters. The van der Waals surface area contributed by atoms with Crippen molar-refractivity contribution >= 4 is 0 Å². The number of rotatable bonds is 5. The Balaban J connectivity index is 1.84. The van der Waals surface area contributed by atoms with Crippen LogP contribution >= 0.6 is 0 Å². The van der Waals surface area contributed by atoms with Gasteiger partial charge in [0.15, 0.2) is 0 Å². The molecule has 3 rings (SSSR count). The summed E-state index contributed by atoms with van der Waals surface area (Å²) in [5.41, 5.74) is 3.09. The molecule has 0 spiro atoms. The van der Waals surface area contributed by atoms with Gasteiger partial charge in [0.2, 0.25) is 0 Å². The molecule has 0 radical (unpaired) electrons. The summed E-state index contributed by atoms with van der Waals surface area (Å²) in [6.45, 7) is 1.89. The molecule has 1 atom stereocenters. The Kier molecular flexibility index (Phi) is 5.02. The number of ether oxygens (including phenoxy) is 2. The number of methoxy groups -OCH3 is 2. The summed E-state index contributed by atoms with van der Waals surface area (Å²) in [5.74, 6) is 1.68. The molecule has 24 heavy (non-hydrogen) atoms. The zero-order valence-electron chi connectivity index (χ0n) is 14.2. The number of benzene rings is 2. The van der Waals surface area contributed by atoms with Gasteiger partial charge in [-0.3, -0.25) is 4.90 Å². The highest BCUT2D eigenvalue weighted by atomic mass is 16.5. The van der Waals surface area contributed by atoms with Crippen molar-refractivity contribution in [2.24, 2.45) is 0 Å². The van der Waals surface area contributed by atoms with Crippen molar-refractivity contribution in [2.45, 2.75) is 25.4 Å². The summed E-state index contributed by atoms with van der Waals surface area (Å²) in [4.78, 5) is 2.46. The molecule has 1 saturated heterocycles. The second-order valence-electron chi connectivity index (χ2n) is 6.05. The first-order valence-corrected chi connectivity index (χ1v) is 8.20. The molecule has 0 aromatic heterocycles. The second kappa shape index (κ2) is 7.37. The van der Waals surface area contributed by atoms with Gasteiger partial charge in [-0.25, -0.2) is 0 Å². The normalized spacial score (nSPS) is 17.5. The van der Waals surface area contributed by atoms with Crippen LogP contribution in [0.25, 0.3) is 0 Å². The Hall–Kier alpha value is -2.51. The van der Waals surface area contributed by atoms with Gasteiger partial charge in [-0.05, 0) is 43.1 Å². The monoisotopic (exact) mass is 322 g/mol. The molecule has 0 bridgehead atoms. The molecule has 1 fully saturated rings. The van der Waals surface area contributed by atoms with Gasteiger partial charge in [-0.15, -0.1) is 0 Å². The molecule has 4 heteroatoms. The minimum atomic E-state index is 0.330. The van der Waals surface area contributed by atoms with Crippen molar-refractivity contribution in [1.29, 1.82) is 5.26 Å². The van der Waals surface area contributed by atoms with E-state index in [1.54, 1.807) is 14.2 Å². The van der Waals surface area contributed by atoms with Crippen LogP contribution < -0.4 is 9.47 Å². The molecule has 124 valence electrons. The van der Waals surface area contributed by atoms with Gasteiger partial charge in [-0.2, -0.15) is 5.26 Å². The Bertz CT molecular complexity index is 752. The third-order valence-corrected chi connectivity index (χ3v) is 4.61. The van der Waals surface area contributed by atoms with Gasteiger partial charge in [0.25, 0.3) is 0 Å². The van der Waals surface area contributed by atoms with E-state index >= 15 is 0 Å². The molecule has 0 N–H and O–H groups in total. The maximum atomic E-state index is 9.08. The first-order valence-electron chi connectivity index (χ1n) is 8.20. The van der Waals surface area contributed by atoms with Crippen LogP contribution in [-0.4, -0.2) is 25.7 Å². The SMILES string of the molecule is COc1ccc(C2CCCN2Cc2cccc(C#N)c2)c(OC)c1. The van der Waals surface area contributed by atoms with Crippen LogP contribution in [0.2, 0.25) is 0 Å². The van der Waals surface area contributed by atoms with Crippen molar-refractivity contribution in [1.82, 2.24) is 4.90 Å². The van der Waals surface area contributed by atoms with Crippen molar-refractivity contribution in [3.8, 4) is 17.6 Å². The summed E-state index contributed by atoms with van der Waals surface area (Å²) in [6, 6.07) is 16.4. The predicted molar refractivity (Wildman–Crippen MR) is 93.1 cm³/mol. The summed E-state index contributed by atoms with van der Waals surface area (Å²) in [7, 11) is 3.37. The molecule has 0 amide bonds. The van der Waals surface area contributed by atoms with Crippen LogP contribution in [0.5, 0.6) is 11.5 Å². The molecule has 4 nitrogen and oxygen atoms in total. The fraction of sp³-hybridized carbons (Fsp3) is 0.350. The standard InChI is InChI=1S/C20H22N2O2/c1-23-17-8-9-18(20(12-17)24-2)19-7-4-10-22(19)14-16-6-3-5-15(11-16)13-21/h3,5-6,8-9,11-12,19H,4,7,10,14H2,1-2H3. The van der Waals surface area contributed by atoms with Gasteiger partial charge in [0, 0.05) is 24.2 Å². The molecular weight excluding hydrogens is 300 g/mol. The zero-order chi connectivity index (χ0) is 16.9. The smallest absolute Gasteiger partial charge is 0.127 e. The largest absolute Gasteiger partial charge is 0.497 e. The maximum Gasteiger partial charge on any atom is 0.127 e. The van der Waals surface area contributed by atoms with Gasteiger partial charge < -0.3 is 9.47 Å². The van der Waals surface area contributed by atoms with Gasteiger partial charge in [0.1, 0.15) is 11.5 Å². The molecule has 1 aliphatic rings. The molecule has 0 saturated carbocycles. The Morgan fingerprint density at radius 3 is 2.79 bits per heavy atom. The van der Waals surface area contributed by atoms with Crippen LogP contribution in [0.15, 0.2) is 42.5 Å².